The minimum atomic E-state index is -1.15. The molecule has 27 heavy (non-hydrogen) atoms. The van der Waals surface area contributed by atoms with E-state index in [0.717, 1.165) is 29.7 Å². The zero-order chi connectivity index (χ0) is 19.4. The number of nitrogens with one attached hydrogen (secondary N) is 1. The van der Waals surface area contributed by atoms with E-state index in [1.807, 2.05) is 30.3 Å². The Bertz CT molecular complexity index is 899. The molecule has 1 heterocycles. The van der Waals surface area contributed by atoms with Crippen LogP contribution in [0.15, 0.2) is 68.0 Å². The van der Waals surface area contributed by atoms with Crippen LogP contribution in [0, 0.1) is 0 Å². The van der Waals surface area contributed by atoms with Gasteiger partial charge in [0.2, 0.25) is 0 Å². The number of aryl methyl sites for hydroxylation is 2. The Balaban J connectivity index is 2.11. The highest BCUT2D eigenvalue weighted by molar-refractivity contribution is 6.04. The van der Waals surface area contributed by atoms with Crippen molar-refractivity contribution in [1.29, 1.82) is 0 Å². The zero-order valence-electron chi connectivity index (χ0n) is 14.9. The highest BCUT2D eigenvalue weighted by Gasteiger charge is 2.26. The first-order chi connectivity index (χ1) is 13.0. The number of hydrogen-bond donors (Lipinski definition) is 2. The van der Waals surface area contributed by atoms with E-state index in [4.69, 9.17) is 5.11 Å². The Labute approximate surface area is 158 Å². The quantitative estimate of drug-likeness (QED) is 0.838. The number of rotatable bonds is 5. The molecule has 0 radical (unpaired) electrons. The van der Waals surface area contributed by atoms with Crippen molar-refractivity contribution in [2.24, 2.45) is 0 Å². The molecule has 0 fully saturated rings. The molecule has 138 valence electrons. The lowest BCUT2D eigenvalue weighted by molar-refractivity contribution is -0.118. The second kappa shape index (κ2) is 7.78. The summed E-state index contributed by atoms with van der Waals surface area (Å²) < 4.78 is 0. The summed E-state index contributed by atoms with van der Waals surface area (Å²) in [5.41, 5.74) is 3.96. The first kappa shape index (κ1) is 18.3. The summed E-state index contributed by atoms with van der Waals surface area (Å²) in [4.78, 5) is 27.5. The van der Waals surface area contributed by atoms with Gasteiger partial charge in [-0.15, -0.1) is 0 Å². The second-order valence-corrected chi connectivity index (χ2v) is 6.17. The molecular weight excluding hydrogens is 342 g/mol. The molecule has 2 aromatic rings. The van der Waals surface area contributed by atoms with Crippen LogP contribution < -0.4 is 10.2 Å². The summed E-state index contributed by atoms with van der Waals surface area (Å²) in [5.74, 6) is -0.155. The predicted molar refractivity (Wildman–Crippen MR) is 106 cm³/mol. The van der Waals surface area contributed by atoms with Crippen molar-refractivity contribution in [3.8, 4) is 0 Å². The predicted octanol–water partition coefficient (Wildman–Crippen LogP) is 4.13. The third-order valence-electron chi connectivity index (χ3n) is 4.51. The molecule has 2 aromatic carbocycles. The number of carbonyl (C=O) groups excluding carboxylic acids is 1. The van der Waals surface area contributed by atoms with E-state index in [1.54, 1.807) is 21.9 Å². The van der Waals surface area contributed by atoms with Crippen molar-refractivity contribution in [3.63, 3.8) is 0 Å². The van der Waals surface area contributed by atoms with Crippen LogP contribution in [-0.2, 0) is 17.6 Å². The van der Waals surface area contributed by atoms with Crippen LogP contribution in [0.3, 0.4) is 0 Å². The van der Waals surface area contributed by atoms with Crippen LogP contribution >= 0.6 is 0 Å². The molecular formula is C21H21N3O3. The Morgan fingerprint density at radius 1 is 1.07 bits per heavy atom. The summed E-state index contributed by atoms with van der Waals surface area (Å²) >= 11 is 0. The van der Waals surface area contributed by atoms with Gasteiger partial charge in [-0.2, -0.15) is 0 Å². The topological polar surface area (TPSA) is 72.9 Å². The Hall–Kier alpha value is -3.54. The van der Waals surface area contributed by atoms with Crippen molar-refractivity contribution < 1.29 is 14.7 Å². The third-order valence-corrected chi connectivity index (χ3v) is 4.51. The van der Waals surface area contributed by atoms with Gasteiger partial charge < -0.3 is 10.0 Å². The van der Waals surface area contributed by atoms with Crippen molar-refractivity contribution in [2.75, 3.05) is 16.8 Å². The lowest BCUT2D eigenvalue weighted by atomic mass is 10.0. The summed E-state index contributed by atoms with van der Waals surface area (Å²) in [5, 5.41) is 11.4. The minimum Gasteiger partial charge on any atom is -0.465 e. The fraction of sp³-hybridized carbons (Fsp3) is 0.143. The zero-order valence-corrected chi connectivity index (χ0v) is 14.9. The van der Waals surface area contributed by atoms with Gasteiger partial charge in [-0.3, -0.25) is 15.0 Å². The maximum absolute atomic E-state index is 13.2. The average Bonchev–Trinajstić information content (AvgIpc) is 2.82. The Kier molecular flexibility index (Phi) is 5.26. The van der Waals surface area contributed by atoms with Crippen LogP contribution in [0.2, 0.25) is 0 Å². The largest absolute Gasteiger partial charge is 0.465 e. The second-order valence-electron chi connectivity index (χ2n) is 6.17. The number of para-hydroxylation sites is 1. The molecule has 6 nitrogen and oxygen atoms in total. The molecule has 0 aliphatic carbocycles. The Morgan fingerprint density at radius 2 is 1.74 bits per heavy atom. The third kappa shape index (κ3) is 3.84. The lowest BCUT2D eigenvalue weighted by Gasteiger charge is -2.27. The van der Waals surface area contributed by atoms with Gasteiger partial charge in [0.15, 0.2) is 0 Å². The lowest BCUT2D eigenvalue weighted by Crippen LogP contribution is -2.34. The summed E-state index contributed by atoms with van der Waals surface area (Å²) in [6, 6.07) is 13.0. The minimum absolute atomic E-state index is 0.0807. The number of nitrogens with zero attached hydrogens (tertiary/aromatic N) is 2. The molecule has 1 aliphatic heterocycles. The van der Waals surface area contributed by atoms with Gasteiger partial charge in [-0.1, -0.05) is 37.4 Å². The van der Waals surface area contributed by atoms with E-state index in [-0.39, 0.29) is 12.5 Å². The van der Waals surface area contributed by atoms with E-state index >= 15 is 0 Å². The standard InChI is InChI=1S/C21H21N3O3/c1-3-23(4-2)14-20(25)24-18-8-6-5-7-15(18)9-10-16-11-12-17(13-19(16)24)22-21(26)27/h3-8,11-13,22H,1-2,9-10,14H2,(H,26,27). The molecule has 0 atom stereocenters. The fourth-order valence-electron chi connectivity index (χ4n) is 3.22. The molecule has 0 bridgehead atoms. The van der Waals surface area contributed by atoms with Crippen molar-refractivity contribution in [3.05, 3.63) is 79.1 Å². The van der Waals surface area contributed by atoms with Gasteiger partial charge in [0.25, 0.3) is 5.91 Å². The van der Waals surface area contributed by atoms with E-state index < -0.39 is 6.09 Å². The van der Waals surface area contributed by atoms with Gasteiger partial charge >= 0.3 is 6.09 Å². The molecule has 0 aromatic heterocycles. The molecule has 3 rings (SSSR count). The maximum atomic E-state index is 13.2. The SMILES string of the molecule is C=CN(C=C)CC(=O)N1c2ccccc2CCc2ccc(NC(=O)O)cc21. The highest BCUT2D eigenvalue weighted by Crippen LogP contribution is 2.37. The number of amides is 2. The average molecular weight is 363 g/mol. The van der Waals surface area contributed by atoms with Crippen LogP contribution in [-0.4, -0.2) is 28.6 Å². The fourth-order valence-corrected chi connectivity index (χ4v) is 3.22. The molecule has 0 saturated carbocycles. The molecule has 0 unspecified atom stereocenters. The van der Waals surface area contributed by atoms with Gasteiger partial charge in [-0.05, 0) is 54.6 Å². The molecule has 0 saturated heterocycles. The number of hydrogen-bond acceptors (Lipinski definition) is 3. The monoisotopic (exact) mass is 363 g/mol. The molecule has 2 amide bonds. The van der Waals surface area contributed by atoms with Crippen molar-refractivity contribution in [1.82, 2.24) is 4.90 Å². The molecule has 6 heteroatoms. The van der Waals surface area contributed by atoms with Crippen LogP contribution in [0.1, 0.15) is 11.1 Å². The van der Waals surface area contributed by atoms with Crippen LogP contribution in [0.4, 0.5) is 21.9 Å². The van der Waals surface area contributed by atoms with Gasteiger partial charge in [-0.25, -0.2) is 4.79 Å². The van der Waals surface area contributed by atoms with E-state index in [1.165, 1.54) is 12.4 Å². The summed E-state index contributed by atoms with van der Waals surface area (Å²) in [6.45, 7) is 7.47. The van der Waals surface area contributed by atoms with Gasteiger partial charge in [0.05, 0.1) is 11.4 Å². The van der Waals surface area contributed by atoms with Crippen LogP contribution in [0.25, 0.3) is 0 Å². The smallest absolute Gasteiger partial charge is 0.409 e. The highest BCUT2D eigenvalue weighted by atomic mass is 16.4. The van der Waals surface area contributed by atoms with E-state index in [0.29, 0.717) is 11.4 Å². The Morgan fingerprint density at radius 3 is 2.41 bits per heavy atom. The van der Waals surface area contributed by atoms with Crippen molar-refractivity contribution >= 4 is 29.1 Å². The summed E-state index contributed by atoms with van der Waals surface area (Å²) in [7, 11) is 0. The number of carboxylic acid groups (broad SMARTS) is 1. The molecule has 2 N–H and O–H groups in total. The van der Waals surface area contributed by atoms with Gasteiger partial charge in [0, 0.05) is 5.69 Å². The van der Waals surface area contributed by atoms with E-state index in [2.05, 4.69) is 18.5 Å². The first-order valence-electron chi connectivity index (χ1n) is 8.58. The molecule has 0 spiro atoms. The number of fused-ring (bicyclic) bond motifs is 2. The first-order valence-corrected chi connectivity index (χ1v) is 8.58. The normalized spacial score (nSPS) is 12.2. The number of carbonyl (C=O) groups is 2. The van der Waals surface area contributed by atoms with Gasteiger partial charge in [0.1, 0.15) is 6.54 Å². The number of benzene rings is 2. The number of anilines is 3. The summed E-state index contributed by atoms with van der Waals surface area (Å²) in [6.07, 6.45) is 3.49. The maximum Gasteiger partial charge on any atom is 0.409 e. The van der Waals surface area contributed by atoms with Crippen molar-refractivity contribution in [2.45, 2.75) is 12.8 Å². The molecule has 1 aliphatic rings. The van der Waals surface area contributed by atoms with Crippen LogP contribution in [0.5, 0.6) is 0 Å². The van der Waals surface area contributed by atoms with E-state index in [9.17, 15) is 9.59 Å².